The monoisotopic (exact) mass is 325 g/mol. The van der Waals surface area contributed by atoms with Crippen molar-refractivity contribution in [2.45, 2.75) is 37.9 Å². The van der Waals surface area contributed by atoms with E-state index >= 15 is 0 Å². The van der Waals surface area contributed by atoms with Crippen molar-refractivity contribution in [2.75, 3.05) is 19.6 Å². The molecule has 2 N–H and O–H groups in total. The molecule has 7 nitrogen and oxygen atoms in total. The first kappa shape index (κ1) is 15.3. The first-order valence-corrected chi connectivity index (χ1v) is 8.00. The second-order valence-corrected chi connectivity index (χ2v) is 6.20. The number of nitrogens with zero attached hydrogens (tertiary/aromatic N) is 3. The molecule has 1 saturated carbocycles. The van der Waals surface area contributed by atoms with Gasteiger partial charge in [0.25, 0.3) is 0 Å². The number of hydrogen-bond acceptors (Lipinski definition) is 4. The number of nitrogens with one attached hydrogen (secondary N) is 2. The van der Waals surface area contributed by atoms with E-state index in [0.29, 0.717) is 43.7 Å². The van der Waals surface area contributed by atoms with E-state index in [4.69, 9.17) is 11.6 Å². The van der Waals surface area contributed by atoms with Gasteiger partial charge in [0, 0.05) is 44.8 Å². The van der Waals surface area contributed by atoms with Gasteiger partial charge in [-0.25, -0.2) is 0 Å². The highest BCUT2D eigenvalue weighted by Gasteiger charge is 2.34. The van der Waals surface area contributed by atoms with Gasteiger partial charge in [-0.05, 0) is 12.8 Å². The van der Waals surface area contributed by atoms with E-state index in [0.717, 1.165) is 12.8 Å². The van der Waals surface area contributed by atoms with Crippen molar-refractivity contribution < 1.29 is 9.59 Å². The summed E-state index contributed by atoms with van der Waals surface area (Å²) in [5.74, 6) is -0.0748. The summed E-state index contributed by atoms with van der Waals surface area (Å²) in [4.78, 5) is 26.4. The van der Waals surface area contributed by atoms with Crippen molar-refractivity contribution in [3.8, 4) is 0 Å². The summed E-state index contributed by atoms with van der Waals surface area (Å²) in [6.07, 6.45) is 5.62. The van der Waals surface area contributed by atoms with Gasteiger partial charge in [-0.1, -0.05) is 11.6 Å². The van der Waals surface area contributed by atoms with Crippen LogP contribution in [0.2, 0.25) is 5.02 Å². The van der Waals surface area contributed by atoms with Crippen molar-refractivity contribution in [1.29, 1.82) is 0 Å². The molecular weight excluding hydrogens is 306 g/mol. The third-order valence-corrected chi connectivity index (χ3v) is 4.14. The number of piperazine rings is 1. The Morgan fingerprint density at radius 3 is 2.95 bits per heavy atom. The molecule has 0 bridgehead atoms. The fourth-order valence-electron chi connectivity index (χ4n) is 2.58. The van der Waals surface area contributed by atoms with Crippen molar-refractivity contribution in [2.24, 2.45) is 0 Å². The maximum Gasteiger partial charge on any atom is 0.244 e. The Morgan fingerprint density at radius 2 is 2.27 bits per heavy atom. The molecule has 1 unspecified atom stereocenters. The van der Waals surface area contributed by atoms with Gasteiger partial charge in [-0.2, -0.15) is 5.10 Å². The van der Waals surface area contributed by atoms with Gasteiger partial charge in [0.15, 0.2) is 0 Å². The summed E-state index contributed by atoms with van der Waals surface area (Å²) >= 11 is 5.80. The molecule has 2 amide bonds. The Balaban J connectivity index is 1.56. The van der Waals surface area contributed by atoms with Crippen LogP contribution in [0.1, 0.15) is 19.3 Å². The summed E-state index contributed by atoms with van der Waals surface area (Å²) in [5, 5.41) is 10.8. The van der Waals surface area contributed by atoms with Crippen LogP contribution in [0.25, 0.3) is 0 Å². The van der Waals surface area contributed by atoms with E-state index in [2.05, 4.69) is 15.7 Å². The Morgan fingerprint density at radius 1 is 1.45 bits per heavy atom. The molecule has 2 aliphatic rings. The average molecular weight is 326 g/mol. The van der Waals surface area contributed by atoms with E-state index in [1.165, 1.54) is 0 Å². The molecule has 1 aliphatic heterocycles. The van der Waals surface area contributed by atoms with Gasteiger partial charge in [0.05, 0.1) is 11.2 Å². The highest BCUT2D eigenvalue weighted by atomic mass is 35.5. The van der Waals surface area contributed by atoms with E-state index in [1.54, 1.807) is 22.0 Å². The lowest BCUT2D eigenvalue weighted by atomic mass is 10.1. The quantitative estimate of drug-likeness (QED) is 0.799. The van der Waals surface area contributed by atoms with E-state index in [1.807, 2.05) is 0 Å². The summed E-state index contributed by atoms with van der Waals surface area (Å²) in [5.41, 5.74) is 0. The van der Waals surface area contributed by atoms with Gasteiger partial charge in [0.1, 0.15) is 6.04 Å². The highest BCUT2D eigenvalue weighted by molar-refractivity contribution is 6.30. The highest BCUT2D eigenvalue weighted by Crippen LogP contribution is 2.19. The Labute approximate surface area is 134 Å². The lowest BCUT2D eigenvalue weighted by Crippen LogP contribution is -2.59. The van der Waals surface area contributed by atoms with Gasteiger partial charge in [0.2, 0.25) is 11.8 Å². The second kappa shape index (κ2) is 6.66. The molecule has 22 heavy (non-hydrogen) atoms. The Bertz CT molecular complexity index is 557. The number of carbonyl (C=O) groups excluding carboxylic acids is 2. The first-order chi connectivity index (χ1) is 10.6. The number of halogens is 1. The molecule has 1 atom stereocenters. The summed E-state index contributed by atoms with van der Waals surface area (Å²) in [7, 11) is 0. The predicted molar refractivity (Wildman–Crippen MR) is 81.4 cm³/mol. The Kier molecular flexibility index (Phi) is 4.63. The molecule has 1 aliphatic carbocycles. The molecule has 8 heteroatoms. The van der Waals surface area contributed by atoms with E-state index in [-0.39, 0.29) is 11.8 Å². The van der Waals surface area contributed by atoms with E-state index in [9.17, 15) is 9.59 Å². The van der Waals surface area contributed by atoms with Crippen molar-refractivity contribution in [1.82, 2.24) is 25.3 Å². The summed E-state index contributed by atoms with van der Waals surface area (Å²) in [6, 6.07) is -0.111. The number of aryl methyl sites for hydroxylation is 1. The fraction of sp³-hybridized carbons (Fsp3) is 0.643. The Hall–Kier alpha value is -1.60. The molecular formula is C14H20ClN5O2. The van der Waals surface area contributed by atoms with Crippen LogP contribution in [-0.2, 0) is 16.1 Å². The zero-order chi connectivity index (χ0) is 15.5. The van der Waals surface area contributed by atoms with Gasteiger partial charge >= 0.3 is 0 Å². The van der Waals surface area contributed by atoms with Crippen LogP contribution in [0.3, 0.4) is 0 Å². The van der Waals surface area contributed by atoms with Crippen molar-refractivity contribution in [3.05, 3.63) is 17.4 Å². The molecule has 0 spiro atoms. The number of hydrogen-bond donors (Lipinski definition) is 2. The second-order valence-electron chi connectivity index (χ2n) is 5.76. The maximum absolute atomic E-state index is 12.4. The third-order valence-electron chi connectivity index (χ3n) is 3.95. The zero-order valence-electron chi connectivity index (χ0n) is 12.3. The average Bonchev–Trinajstić information content (AvgIpc) is 3.24. The lowest BCUT2D eigenvalue weighted by Gasteiger charge is -2.35. The van der Waals surface area contributed by atoms with Gasteiger partial charge in [-0.15, -0.1) is 0 Å². The van der Waals surface area contributed by atoms with Crippen molar-refractivity contribution in [3.63, 3.8) is 0 Å². The first-order valence-electron chi connectivity index (χ1n) is 7.62. The minimum absolute atomic E-state index is 0.0240. The van der Waals surface area contributed by atoms with Crippen LogP contribution >= 0.6 is 11.6 Å². The van der Waals surface area contributed by atoms with Crippen LogP contribution in [0, 0.1) is 0 Å². The van der Waals surface area contributed by atoms with E-state index < -0.39 is 6.04 Å². The maximum atomic E-state index is 12.4. The normalized spacial score (nSPS) is 21.7. The number of rotatable bonds is 5. The third kappa shape index (κ3) is 3.78. The summed E-state index contributed by atoms with van der Waals surface area (Å²) < 4.78 is 1.64. The SMILES string of the molecule is O=C(NC1CC1)C1CNCCN1C(=O)CCn1cc(Cl)cn1. The van der Waals surface area contributed by atoms with Gasteiger partial charge in [-0.3, -0.25) is 14.3 Å². The molecule has 1 aromatic rings. The van der Waals surface area contributed by atoms with Crippen LogP contribution in [0.4, 0.5) is 0 Å². The standard InChI is InChI=1S/C14H20ClN5O2/c15-10-7-17-19(9-10)5-3-13(21)20-6-4-16-8-12(20)14(22)18-11-1-2-11/h7,9,11-12,16H,1-6,8H2,(H,18,22). The molecule has 2 fully saturated rings. The molecule has 3 rings (SSSR count). The van der Waals surface area contributed by atoms with Crippen LogP contribution in [0.5, 0.6) is 0 Å². The minimum atomic E-state index is -0.414. The van der Waals surface area contributed by atoms with Gasteiger partial charge < -0.3 is 15.5 Å². The topological polar surface area (TPSA) is 79.3 Å². The minimum Gasteiger partial charge on any atom is -0.352 e. The molecule has 120 valence electrons. The molecule has 1 aromatic heterocycles. The summed E-state index contributed by atoms with van der Waals surface area (Å²) in [6.45, 7) is 2.25. The van der Waals surface area contributed by atoms with Crippen LogP contribution in [-0.4, -0.2) is 58.2 Å². The number of carbonyl (C=O) groups is 2. The van der Waals surface area contributed by atoms with Crippen LogP contribution < -0.4 is 10.6 Å². The largest absolute Gasteiger partial charge is 0.352 e. The molecule has 0 aromatic carbocycles. The molecule has 0 radical (unpaired) electrons. The van der Waals surface area contributed by atoms with Crippen LogP contribution in [0.15, 0.2) is 12.4 Å². The molecule has 2 heterocycles. The fourth-order valence-corrected chi connectivity index (χ4v) is 2.73. The zero-order valence-corrected chi connectivity index (χ0v) is 13.1. The molecule has 1 saturated heterocycles. The predicted octanol–water partition coefficient (Wildman–Crippen LogP) is 0.00560. The van der Waals surface area contributed by atoms with Crippen molar-refractivity contribution >= 4 is 23.4 Å². The smallest absolute Gasteiger partial charge is 0.244 e. The number of amides is 2. The lowest BCUT2D eigenvalue weighted by molar-refractivity contribution is -0.141. The number of aromatic nitrogens is 2.